The lowest BCUT2D eigenvalue weighted by Crippen LogP contribution is -2.43. The molecule has 1 aliphatic rings. The fraction of sp³-hybridized carbons (Fsp3) is 0.476. The zero-order chi connectivity index (χ0) is 18.9. The normalized spacial score (nSPS) is 17.0. The van der Waals surface area contributed by atoms with E-state index in [9.17, 15) is 0 Å². The summed E-state index contributed by atoms with van der Waals surface area (Å²) in [5.74, 6) is 1.77. The molecular formula is C21H31IN4O2. The summed E-state index contributed by atoms with van der Waals surface area (Å²) in [6, 6.07) is 14.4. The van der Waals surface area contributed by atoms with Crippen LogP contribution in [0.3, 0.4) is 0 Å². The molecule has 28 heavy (non-hydrogen) atoms. The number of likely N-dealkylation sites (tertiary alicyclic amines) is 1. The van der Waals surface area contributed by atoms with Gasteiger partial charge in [-0.3, -0.25) is 9.89 Å². The predicted molar refractivity (Wildman–Crippen MR) is 123 cm³/mol. The topological polar surface area (TPSA) is 62.0 Å². The fourth-order valence-corrected chi connectivity index (χ4v) is 3.55. The average molecular weight is 498 g/mol. The van der Waals surface area contributed by atoms with Gasteiger partial charge >= 0.3 is 0 Å². The summed E-state index contributed by atoms with van der Waals surface area (Å²) in [7, 11) is 3.52. The Morgan fingerprint density at radius 2 is 1.82 bits per heavy atom. The molecule has 154 valence electrons. The number of benzene rings is 1. The number of hydrogen-bond acceptors (Lipinski definition) is 4. The monoisotopic (exact) mass is 498 g/mol. The molecule has 2 atom stereocenters. The Balaban J connectivity index is 0.00000280. The minimum absolute atomic E-state index is 0. The first-order valence-electron chi connectivity index (χ1n) is 9.61. The van der Waals surface area contributed by atoms with Crippen LogP contribution in [0.1, 0.15) is 36.3 Å². The number of methoxy groups -OCH3 is 1. The number of nitrogens with one attached hydrogen (secondary N) is 2. The van der Waals surface area contributed by atoms with E-state index in [1.807, 2.05) is 24.3 Å². The highest BCUT2D eigenvalue weighted by atomic mass is 127. The van der Waals surface area contributed by atoms with E-state index in [4.69, 9.17) is 9.15 Å². The van der Waals surface area contributed by atoms with Gasteiger partial charge in [0, 0.05) is 27.2 Å². The molecule has 1 fully saturated rings. The Kier molecular flexibility index (Phi) is 9.80. The molecule has 2 heterocycles. The van der Waals surface area contributed by atoms with E-state index in [0.717, 1.165) is 36.9 Å². The number of guanidine groups is 1. The summed E-state index contributed by atoms with van der Waals surface area (Å²) in [5, 5.41) is 6.82. The average Bonchev–Trinajstić information content (AvgIpc) is 3.42. The van der Waals surface area contributed by atoms with Crippen LogP contribution in [0.4, 0.5) is 0 Å². The van der Waals surface area contributed by atoms with Crippen LogP contribution in [0.2, 0.25) is 0 Å². The molecule has 1 aliphatic heterocycles. The number of rotatable bonds is 8. The molecule has 7 heteroatoms. The van der Waals surface area contributed by atoms with E-state index < -0.39 is 0 Å². The van der Waals surface area contributed by atoms with Crippen molar-refractivity contribution in [2.24, 2.45) is 4.99 Å². The Hall–Kier alpha value is -1.58. The van der Waals surface area contributed by atoms with Gasteiger partial charge in [0.1, 0.15) is 5.76 Å². The predicted octanol–water partition coefficient (Wildman–Crippen LogP) is 3.59. The van der Waals surface area contributed by atoms with E-state index in [-0.39, 0.29) is 36.1 Å². The lowest BCUT2D eigenvalue weighted by atomic mass is 10.1. The van der Waals surface area contributed by atoms with Crippen molar-refractivity contribution in [3.05, 3.63) is 60.1 Å². The Morgan fingerprint density at radius 3 is 2.43 bits per heavy atom. The molecule has 2 unspecified atom stereocenters. The van der Waals surface area contributed by atoms with Gasteiger partial charge in [-0.15, -0.1) is 24.0 Å². The summed E-state index contributed by atoms with van der Waals surface area (Å²) in [4.78, 5) is 6.83. The third kappa shape index (κ3) is 6.22. The van der Waals surface area contributed by atoms with Crippen LogP contribution < -0.4 is 10.6 Å². The van der Waals surface area contributed by atoms with Crippen molar-refractivity contribution in [1.82, 2.24) is 15.5 Å². The molecule has 3 rings (SSSR count). The minimum atomic E-state index is -0.0239. The highest BCUT2D eigenvalue weighted by Crippen LogP contribution is 2.24. The smallest absolute Gasteiger partial charge is 0.191 e. The number of nitrogens with zero attached hydrogens (tertiary/aromatic N) is 2. The molecule has 0 spiro atoms. The van der Waals surface area contributed by atoms with Crippen LogP contribution in [0.15, 0.2) is 58.1 Å². The molecular weight excluding hydrogens is 467 g/mol. The van der Waals surface area contributed by atoms with Gasteiger partial charge in [-0.05, 0) is 43.6 Å². The Morgan fingerprint density at radius 1 is 1.11 bits per heavy atom. The van der Waals surface area contributed by atoms with Crippen LogP contribution in [0.5, 0.6) is 0 Å². The van der Waals surface area contributed by atoms with Gasteiger partial charge in [0.15, 0.2) is 5.96 Å². The van der Waals surface area contributed by atoms with Crippen LogP contribution in [-0.2, 0) is 4.74 Å². The van der Waals surface area contributed by atoms with E-state index in [1.165, 1.54) is 12.8 Å². The number of aliphatic imine (C=N–C) groups is 1. The SMILES string of the molecule is CN=C(NCC(OC)c1ccccc1)NCC(c1ccco1)N1CCCC1.I. The van der Waals surface area contributed by atoms with Crippen molar-refractivity contribution < 1.29 is 9.15 Å². The molecule has 2 aromatic rings. The van der Waals surface area contributed by atoms with Crippen molar-refractivity contribution in [3.63, 3.8) is 0 Å². The highest BCUT2D eigenvalue weighted by Gasteiger charge is 2.25. The summed E-state index contributed by atoms with van der Waals surface area (Å²) in [6.45, 7) is 3.61. The van der Waals surface area contributed by atoms with E-state index in [1.54, 1.807) is 20.4 Å². The van der Waals surface area contributed by atoms with E-state index in [2.05, 4.69) is 38.7 Å². The van der Waals surface area contributed by atoms with Gasteiger partial charge in [0.2, 0.25) is 0 Å². The molecule has 0 saturated carbocycles. The lowest BCUT2D eigenvalue weighted by Gasteiger charge is -2.27. The molecule has 0 bridgehead atoms. The number of hydrogen-bond donors (Lipinski definition) is 2. The van der Waals surface area contributed by atoms with Crippen molar-refractivity contribution in [1.29, 1.82) is 0 Å². The number of ether oxygens (including phenoxy) is 1. The third-order valence-corrected chi connectivity index (χ3v) is 5.05. The largest absolute Gasteiger partial charge is 0.468 e. The molecule has 2 N–H and O–H groups in total. The maximum Gasteiger partial charge on any atom is 0.191 e. The first-order valence-corrected chi connectivity index (χ1v) is 9.61. The molecule has 1 saturated heterocycles. The molecule has 0 aliphatic carbocycles. The standard InChI is InChI=1S/C21H30N4O2.HI/c1-22-21(24-16-20(26-2)17-9-4-3-5-10-17)23-15-18(19-11-8-14-27-19)25-12-6-7-13-25;/h3-5,8-11,14,18,20H,6-7,12-13,15-16H2,1-2H3,(H2,22,23,24);1H. The number of halogens is 1. The van der Waals surface area contributed by atoms with Crippen molar-refractivity contribution in [2.75, 3.05) is 40.3 Å². The first-order chi connectivity index (χ1) is 13.3. The molecule has 6 nitrogen and oxygen atoms in total. The first kappa shape index (κ1) is 22.7. The van der Waals surface area contributed by atoms with Crippen molar-refractivity contribution in [3.8, 4) is 0 Å². The van der Waals surface area contributed by atoms with E-state index >= 15 is 0 Å². The third-order valence-electron chi connectivity index (χ3n) is 5.05. The van der Waals surface area contributed by atoms with Gasteiger partial charge in [0.25, 0.3) is 0 Å². The molecule has 0 radical (unpaired) electrons. The van der Waals surface area contributed by atoms with Gasteiger partial charge in [0.05, 0.1) is 18.4 Å². The zero-order valence-corrected chi connectivity index (χ0v) is 19.0. The summed E-state index contributed by atoms with van der Waals surface area (Å²) >= 11 is 0. The zero-order valence-electron chi connectivity index (χ0n) is 16.6. The maximum absolute atomic E-state index is 5.69. The van der Waals surface area contributed by atoms with Gasteiger partial charge in [-0.1, -0.05) is 30.3 Å². The van der Waals surface area contributed by atoms with Crippen LogP contribution >= 0.6 is 24.0 Å². The fourth-order valence-electron chi connectivity index (χ4n) is 3.55. The Labute approximate surface area is 184 Å². The van der Waals surface area contributed by atoms with Crippen molar-refractivity contribution in [2.45, 2.75) is 25.0 Å². The maximum atomic E-state index is 5.69. The second-order valence-corrected chi connectivity index (χ2v) is 6.74. The quantitative estimate of drug-likeness (QED) is 0.331. The Bertz CT molecular complexity index is 688. The van der Waals surface area contributed by atoms with Crippen LogP contribution in [0.25, 0.3) is 0 Å². The summed E-state index contributed by atoms with van der Waals surface area (Å²) in [6.07, 6.45) is 4.21. The second kappa shape index (κ2) is 12.1. The van der Waals surface area contributed by atoms with Gasteiger partial charge in [-0.2, -0.15) is 0 Å². The van der Waals surface area contributed by atoms with Gasteiger partial charge in [-0.25, -0.2) is 0 Å². The van der Waals surface area contributed by atoms with Crippen LogP contribution in [0, 0.1) is 0 Å². The van der Waals surface area contributed by atoms with E-state index in [0.29, 0.717) is 6.54 Å². The number of furan rings is 1. The second-order valence-electron chi connectivity index (χ2n) is 6.74. The molecule has 1 aromatic carbocycles. The lowest BCUT2D eigenvalue weighted by molar-refractivity contribution is 0.106. The van der Waals surface area contributed by atoms with Crippen molar-refractivity contribution >= 4 is 29.9 Å². The summed E-state index contributed by atoms with van der Waals surface area (Å²) < 4.78 is 11.3. The van der Waals surface area contributed by atoms with Crippen LogP contribution in [-0.4, -0.2) is 51.2 Å². The minimum Gasteiger partial charge on any atom is -0.468 e. The molecule has 1 aromatic heterocycles. The highest BCUT2D eigenvalue weighted by molar-refractivity contribution is 14.0. The molecule has 0 amide bonds. The van der Waals surface area contributed by atoms with Gasteiger partial charge < -0.3 is 19.8 Å². The summed E-state index contributed by atoms with van der Waals surface area (Å²) in [5.41, 5.74) is 1.15.